The Morgan fingerprint density at radius 2 is 1.80 bits per heavy atom. The van der Waals surface area contributed by atoms with Crippen molar-refractivity contribution in [2.75, 3.05) is 5.73 Å². The lowest BCUT2D eigenvalue weighted by molar-refractivity contribution is 0.488. The molecule has 2 aromatic carbocycles. The van der Waals surface area contributed by atoms with Crippen molar-refractivity contribution in [3.63, 3.8) is 0 Å². The highest BCUT2D eigenvalue weighted by Gasteiger charge is 2.06. The summed E-state index contributed by atoms with van der Waals surface area (Å²) >= 11 is 0. The average molecular weight is 261 g/mol. The van der Waals surface area contributed by atoms with E-state index < -0.39 is 0 Å². The third-order valence-electron chi connectivity index (χ3n) is 3.02. The Morgan fingerprint density at radius 1 is 1.00 bits per heavy atom. The smallest absolute Gasteiger partial charge is 0.136 e. The van der Waals surface area contributed by atoms with Gasteiger partial charge in [0, 0.05) is 28.9 Å². The van der Waals surface area contributed by atoms with E-state index in [1.165, 1.54) is 0 Å². The molecule has 0 bridgehead atoms. The second kappa shape index (κ2) is 4.90. The minimum atomic E-state index is 0.598. The van der Waals surface area contributed by atoms with Crippen LogP contribution in [0.1, 0.15) is 5.56 Å². The molecular weight excluding hydrogens is 250 g/mol. The van der Waals surface area contributed by atoms with Crippen molar-refractivity contribution < 1.29 is 4.74 Å². The fraction of sp³-hybridized carbons (Fsp3) is 0. The van der Waals surface area contributed by atoms with Gasteiger partial charge in [-0.2, -0.15) is 5.26 Å². The number of anilines is 1. The second-order valence-electron chi connectivity index (χ2n) is 4.31. The number of pyridine rings is 1. The van der Waals surface area contributed by atoms with E-state index in [9.17, 15) is 0 Å². The number of nitrogens with two attached hydrogens (primary N) is 1. The summed E-state index contributed by atoms with van der Waals surface area (Å²) in [5, 5.41) is 10.5. The first-order valence-corrected chi connectivity index (χ1v) is 6.08. The molecule has 4 heteroatoms. The monoisotopic (exact) mass is 261 g/mol. The summed E-state index contributed by atoms with van der Waals surface area (Å²) in [5.41, 5.74) is 7.22. The zero-order chi connectivity index (χ0) is 13.9. The molecule has 0 saturated carbocycles. The summed E-state index contributed by atoms with van der Waals surface area (Å²) in [6.07, 6.45) is 3.43. The molecule has 20 heavy (non-hydrogen) atoms. The van der Waals surface area contributed by atoms with E-state index in [0.717, 1.165) is 10.8 Å². The molecule has 1 heterocycles. The van der Waals surface area contributed by atoms with Crippen LogP contribution in [0, 0.1) is 11.3 Å². The Bertz CT molecular complexity index is 804. The van der Waals surface area contributed by atoms with E-state index in [4.69, 9.17) is 15.7 Å². The van der Waals surface area contributed by atoms with E-state index in [1.54, 1.807) is 42.7 Å². The highest BCUT2D eigenvalue weighted by molar-refractivity contribution is 5.96. The van der Waals surface area contributed by atoms with Crippen LogP contribution in [0.3, 0.4) is 0 Å². The van der Waals surface area contributed by atoms with Crippen molar-refractivity contribution in [3.05, 3.63) is 60.4 Å². The van der Waals surface area contributed by atoms with Gasteiger partial charge in [-0.1, -0.05) is 0 Å². The Balaban J connectivity index is 2.02. The Morgan fingerprint density at radius 3 is 2.55 bits per heavy atom. The van der Waals surface area contributed by atoms with Crippen LogP contribution in [0.15, 0.2) is 54.9 Å². The first-order valence-electron chi connectivity index (χ1n) is 6.08. The molecular formula is C16H11N3O. The summed E-state index contributed by atoms with van der Waals surface area (Å²) in [4.78, 5) is 4.11. The van der Waals surface area contributed by atoms with Crippen LogP contribution in [-0.4, -0.2) is 4.98 Å². The molecule has 0 fully saturated rings. The zero-order valence-corrected chi connectivity index (χ0v) is 10.6. The molecule has 0 aliphatic heterocycles. The van der Waals surface area contributed by atoms with Crippen molar-refractivity contribution in [1.29, 1.82) is 5.26 Å². The number of hydrogen-bond donors (Lipinski definition) is 1. The van der Waals surface area contributed by atoms with Crippen molar-refractivity contribution in [1.82, 2.24) is 4.98 Å². The minimum absolute atomic E-state index is 0.598. The maximum absolute atomic E-state index is 8.78. The molecule has 1 aromatic heterocycles. The van der Waals surface area contributed by atoms with Gasteiger partial charge in [0.15, 0.2) is 0 Å². The lowest BCUT2D eigenvalue weighted by Crippen LogP contribution is -1.91. The zero-order valence-electron chi connectivity index (χ0n) is 10.6. The molecule has 0 spiro atoms. The second-order valence-corrected chi connectivity index (χ2v) is 4.31. The maximum Gasteiger partial charge on any atom is 0.136 e. The van der Waals surface area contributed by atoms with Crippen LogP contribution < -0.4 is 10.5 Å². The molecule has 0 unspecified atom stereocenters. The predicted octanol–water partition coefficient (Wildman–Crippen LogP) is 3.48. The Kier molecular flexibility index (Phi) is 2.94. The summed E-state index contributed by atoms with van der Waals surface area (Å²) < 4.78 is 5.84. The molecule has 0 aliphatic carbocycles. The van der Waals surface area contributed by atoms with E-state index in [2.05, 4.69) is 11.1 Å². The molecule has 4 nitrogen and oxygen atoms in total. The fourth-order valence-corrected chi connectivity index (χ4v) is 2.00. The molecule has 3 rings (SSSR count). The van der Waals surface area contributed by atoms with Crippen molar-refractivity contribution in [2.24, 2.45) is 0 Å². The summed E-state index contributed by atoms with van der Waals surface area (Å²) in [6.45, 7) is 0. The molecule has 0 radical (unpaired) electrons. The molecule has 96 valence electrons. The molecule has 2 N–H and O–H groups in total. The highest BCUT2D eigenvalue weighted by atomic mass is 16.5. The van der Waals surface area contributed by atoms with Gasteiger partial charge in [-0.15, -0.1) is 0 Å². The van der Waals surface area contributed by atoms with Crippen LogP contribution in [-0.2, 0) is 0 Å². The van der Waals surface area contributed by atoms with Crippen LogP contribution in [0.25, 0.3) is 10.8 Å². The minimum Gasteiger partial charge on any atom is -0.457 e. The lowest BCUT2D eigenvalue weighted by atomic mass is 10.1. The molecule has 3 aromatic rings. The number of aromatic nitrogens is 1. The number of nitriles is 1. The van der Waals surface area contributed by atoms with Gasteiger partial charge < -0.3 is 10.5 Å². The summed E-state index contributed by atoms with van der Waals surface area (Å²) in [6, 6.07) is 14.5. The van der Waals surface area contributed by atoms with Crippen LogP contribution in [0.5, 0.6) is 11.5 Å². The third kappa shape index (κ3) is 2.13. The number of hydrogen-bond acceptors (Lipinski definition) is 4. The van der Waals surface area contributed by atoms with Crippen LogP contribution in [0.2, 0.25) is 0 Å². The lowest BCUT2D eigenvalue weighted by Gasteiger charge is -2.10. The van der Waals surface area contributed by atoms with Crippen molar-refractivity contribution in [3.8, 4) is 17.6 Å². The number of ether oxygens (including phenoxy) is 1. The number of fused-ring (bicyclic) bond motifs is 1. The van der Waals surface area contributed by atoms with Gasteiger partial charge >= 0.3 is 0 Å². The number of rotatable bonds is 2. The highest BCUT2D eigenvalue weighted by Crippen LogP contribution is 2.32. The van der Waals surface area contributed by atoms with Gasteiger partial charge in [0.1, 0.15) is 11.5 Å². The number of nitrogen functional groups attached to an aromatic ring is 1. The van der Waals surface area contributed by atoms with E-state index in [1.807, 2.05) is 12.1 Å². The van der Waals surface area contributed by atoms with Crippen LogP contribution >= 0.6 is 0 Å². The topological polar surface area (TPSA) is 71.9 Å². The van der Waals surface area contributed by atoms with Gasteiger partial charge in [-0.05, 0) is 42.5 Å². The maximum atomic E-state index is 8.78. The summed E-state index contributed by atoms with van der Waals surface area (Å²) in [5.74, 6) is 1.35. The van der Waals surface area contributed by atoms with Gasteiger partial charge in [0.2, 0.25) is 0 Å². The van der Waals surface area contributed by atoms with E-state index in [-0.39, 0.29) is 0 Å². The molecule has 0 amide bonds. The largest absolute Gasteiger partial charge is 0.457 e. The number of nitrogens with zero attached hydrogens (tertiary/aromatic N) is 2. The first kappa shape index (κ1) is 12.0. The van der Waals surface area contributed by atoms with E-state index in [0.29, 0.717) is 22.7 Å². The van der Waals surface area contributed by atoms with Gasteiger partial charge in [-0.25, -0.2) is 0 Å². The molecule has 0 saturated heterocycles. The quantitative estimate of drug-likeness (QED) is 0.717. The Labute approximate surface area is 116 Å². The van der Waals surface area contributed by atoms with Crippen LogP contribution in [0.4, 0.5) is 5.69 Å². The van der Waals surface area contributed by atoms with E-state index >= 15 is 0 Å². The predicted molar refractivity (Wildman–Crippen MR) is 77.4 cm³/mol. The average Bonchev–Trinajstić information content (AvgIpc) is 2.51. The normalized spacial score (nSPS) is 10.2. The molecule has 0 atom stereocenters. The first-order chi connectivity index (χ1) is 9.78. The van der Waals surface area contributed by atoms with Crippen molar-refractivity contribution in [2.45, 2.75) is 0 Å². The van der Waals surface area contributed by atoms with Gasteiger partial charge in [-0.3, -0.25) is 4.98 Å². The number of benzene rings is 2. The third-order valence-corrected chi connectivity index (χ3v) is 3.02. The SMILES string of the molecule is N#Cc1ccc(Oc2ccc(N)c3ccncc23)cc1. The molecule has 0 aliphatic rings. The van der Waals surface area contributed by atoms with Gasteiger partial charge in [0.25, 0.3) is 0 Å². The fourth-order valence-electron chi connectivity index (χ4n) is 2.00. The standard InChI is InChI=1S/C16H11N3O/c17-9-11-1-3-12(4-2-11)20-16-6-5-15(18)13-7-8-19-10-14(13)16/h1-8,10H,18H2. The van der Waals surface area contributed by atoms with Crippen molar-refractivity contribution >= 4 is 16.5 Å². The van der Waals surface area contributed by atoms with Gasteiger partial charge in [0.05, 0.1) is 11.6 Å². The summed E-state index contributed by atoms with van der Waals surface area (Å²) in [7, 11) is 0. The Hall–Kier alpha value is -3.06.